The van der Waals surface area contributed by atoms with Crippen molar-refractivity contribution in [2.75, 3.05) is 0 Å². The number of fused-ring (bicyclic) bond motifs is 4. The minimum atomic E-state index is -0.695. The highest BCUT2D eigenvalue weighted by Crippen LogP contribution is 2.57. The molecule has 0 spiro atoms. The average molecular weight is 706 g/mol. The summed E-state index contributed by atoms with van der Waals surface area (Å²) in [5, 5.41) is 5.13. The van der Waals surface area contributed by atoms with Crippen LogP contribution in [-0.4, -0.2) is 24.1 Å². The maximum atomic E-state index is 6.81. The summed E-state index contributed by atoms with van der Waals surface area (Å²) in [6, 6.07) is 43.4. The number of hydrogen-bond donors (Lipinski definition) is 0. The van der Waals surface area contributed by atoms with E-state index in [0.29, 0.717) is 11.6 Å². The molecule has 0 saturated carbocycles. The minimum Gasteiger partial charge on any atom is -0.435 e. The summed E-state index contributed by atoms with van der Waals surface area (Å²) >= 11 is 0. The van der Waals surface area contributed by atoms with Crippen LogP contribution in [0.2, 0.25) is 0 Å². The Bertz CT molecular complexity index is 2680. The molecule has 0 radical (unpaired) electrons. The number of hydrogen-bond acceptors (Lipinski definition) is 4. The van der Waals surface area contributed by atoms with Gasteiger partial charge in [0.2, 0.25) is 5.88 Å². The molecule has 4 aromatic heterocycles. The molecule has 1 aliphatic rings. The van der Waals surface area contributed by atoms with Crippen molar-refractivity contribution in [2.24, 2.45) is 0 Å². The Labute approximate surface area is 316 Å². The molecular weight excluding hydrogens is 663 g/mol. The lowest BCUT2D eigenvalue weighted by molar-refractivity contribution is 0.459. The van der Waals surface area contributed by atoms with Gasteiger partial charge in [-0.25, -0.2) is 14.6 Å². The fraction of sp³-hybridized carbons (Fsp3) is 0.188. The molecule has 266 valence electrons. The molecule has 6 heteroatoms. The van der Waals surface area contributed by atoms with Crippen LogP contribution in [0.1, 0.15) is 71.4 Å². The van der Waals surface area contributed by atoms with Crippen molar-refractivity contribution in [1.29, 1.82) is 0 Å². The van der Waals surface area contributed by atoms with Gasteiger partial charge in [-0.3, -0.25) is 0 Å². The van der Waals surface area contributed by atoms with Crippen molar-refractivity contribution >= 4 is 5.65 Å². The molecule has 6 nitrogen and oxygen atoms in total. The van der Waals surface area contributed by atoms with Crippen molar-refractivity contribution in [3.63, 3.8) is 0 Å². The largest absolute Gasteiger partial charge is 0.435 e. The second-order valence-corrected chi connectivity index (χ2v) is 15.5. The predicted octanol–water partition coefficient (Wildman–Crippen LogP) is 11.3. The Morgan fingerprint density at radius 3 is 2.04 bits per heavy atom. The molecule has 0 N–H and O–H groups in total. The topological polar surface area (TPSA) is 57.2 Å². The number of nitrogens with zero attached hydrogens (tertiary/aromatic N) is 5. The van der Waals surface area contributed by atoms with E-state index in [2.05, 4.69) is 184 Å². The summed E-state index contributed by atoms with van der Waals surface area (Å²) in [6.07, 6.45) is 4.09. The Morgan fingerprint density at radius 2 is 1.33 bits per heavy atom. The van der Waals surface area contributed by atoms with Gasteiger partial charge in [0.25, 0.3) is 0 Å². The molecule has 0 fully saturated rings. The Kier molecular flexibility index (Phi) is 7.71. The number of ether oxygens (including phenoxy) is 1. The zero-order chi connectivity index (χ0) is 37.4. The SMILES string of the molecule is Cc1nn(-c2cccc(C3(c4cc(Oc5cc(C(C)(C)C)ccn5)c5nc(C)c(C)n5c4)c4ccccc4-c4ccccc43)c2)c(C)c1-c1ccccc1. The molecule has 0 unspecified atom stereocenters. The molecule has 0 atom stereocenters. The molecule has 4 aromatic carbocycles. The number of imidazole rings is 1. The van der Waals surface area contributed by atoms with E-state index >= 15 is 0 Å². The van der Waals surface area contributed by atoms with Gasteiger partial charge in [0.15, 0.2) is 11.4 Å². The Hall–Kier alpha value is -6.27. The third-order valence-corrected chi connectivity index (χ3v) is 11.2. The number of pyridine rings is 2. The Balaban J connectivity index is 1.32. The van der Waals surface area contributed by atoms with E-state index in [-0.39, 0.29) is 5.41 Å². The highest BCUT2D eigenvalue weighted by Gasteiger charge is 2.47. The van der Waals surface area contributed by atoms with Crippen molar-refractivity contribution in [2.45, 2.75) is 59.3 Å². The smallest absolute Gasteiger partial charge is 0.219 e. The number of rotatable bonds is 6. The molecule has 0 saturated heterocycles. The molecule has 0 amide bonds. The summed E-state index contributed by atoms with van der Waals surface area (Å²) in [5.74, 6) is 1.20. The van der Waals surface area contributed by atoms with Crippen LogP contribution < -0.4 is 4.74 Å². The summed E-state index contributed by atoms with van der Waals surface area (Å²) in [7, 11) is 0. The van der Waals surface area contributed by atoms with E-state index in [1.54, 1.807) is 0 Å². The predicted molar refractivity (Wildman–Crippen MR) is 217 cm³/mol. The molecule has 0 aliphatic heterocycles. The molecule has 8 aromatic rings. The normalized spacial score (nSPS) is 13.2. The van der Waals surface area contributed by atoms with E-state index in [0.717, 1.165) is 56.4 Å². The first-order chi connectivity index (χ1) is 26.1. The number of aromatic nitrogens is 5. The highest BCUT2D eigenvalue weighted by molar-refractivity contribution is 5.86. The van der Waals surface area contributed by atoms with Gasteiger partial charge in [-0.15, -0.1) is 0 Å². The van der Waals surface area contributed by atoms with E-state index in [1.165, 1.54) is 27.8 Å². The van der Waals surface area contributed by atoms with Crippen LogP contribution in [0, 0.1) is 27.7 Å². The molecule has 9 rings (SSSR count). The summed E-state index contributed by atoms with van der Waals surface area (Å²) in [6.45, 7) is 15.0. The van der Waals surface area contributed by atoms with Crippen LogP contribution in [0.25, 0.3) is 33.6 Å². The van der Waals surface area contributed by atoms with Crippen molar-refractivity contribution in [3.8, 4) is 39.6 Å². The van der Waals surface area contributed by atoms with Gasteiger partial charge in [0, 0.05) is 35.4 Å². The van der Waals surface area contributed by atoms with Crippen molar-refractivity contribution in [3.05, 3.63) is 184 Å². The van der Waals surface area contributed by atoms with E-state index in [9.17, 15) is 0 Å². The highest BCUT2D eigenvalue weighted by atomic mass is 16.5. The zero-order valence-corrected chi connectivity index (χ0v) is 31.8. The first-order valence-electron chi connectivity index (χ1n) is 18.6. The van der Waals surface area contributed by atoms with Crippen LogP contribution in [0.3, 0.4) is 0 Å². The summed E-state index contributed by atoms with van der Waals surface area (Å²) in [5.41, 5.74) is 15.7. The number of benzene rings is 4. The van der Waals surface area contributed by atoms with Gasteiger partial charge < -0.3 is 9.14 Å². The summed E-state index contributed by atoms with van der Waals surface area (Å²) < 4.78 is 11.1. The van der Waals surface area contributed by atoms with E-state index in [1.807, 2.05) is 12.3 Å². The molecule has 54 heavy (non-hydrogen) atoms. The first kappa shape index (κ1) is 33.6. The Morgan fingerprint density at radius 1 is 0.648 bits per heavy atom. The lowest BCUT2D eigenvalue weighted by Gasteiger charge is -2.34. The lowest BCUT2D eigenvalue weighted by Crippen LogP contribution is -2.29. The van der Waals surface area contributed by atoms with E-state index < -0.39 is 5.41 Å². The number of aryl methyl sites for hydroxylation is 3. The molecular formula is C48H43N5O. The molecule has 4 heterocycles. The minimum absolute atomic E-state index is 0.0572. The maximum Gasteiger partial charge on any atom is 0.219 e. The maximum absolute atomic E-state index is 6.81. The van der Waals surface area contributed by atoms with Gasteiger partial charge in [0.1, 0.15) is 0 Å². The van der Waals surface area contributed by atoms with Crippen LogP contribution in [0.4, 0.5) is 0 Å². The second kappa shape index (κ2) is 12.4. The van der Waals surface area contributed by atoms with Gasteiger partial charge in [0.05, 0.1) is 22.5 Å². The van der Waals surface area contributed by atoms with Gasteiger partial charge >= 0.3 is 0 Å². The molecule has 1 aliphatic carbocycles. The van der Waals surface area contributed by atoms with Gasteiger partial charge in [-0.05, 0) is 102 Å². The standard InChI is InChI=1S/C48H43N5O/c1-30-32(3)52-29-37(27-43(46(52)50-30)54-44-28-35(24-25-49-44)47(5,6)7)48(41-22-13-11-20-39(41)40-21-12-14-23-42(40)48)36-18-15-19-38(26-36)53-33(4)45(31(2)51-53)34-16-9-8-10-17-34/h8-29H,1-7H3. The van der Waals surface area contributed by atoms with Crippen LogP contribution >= 0.6 is 0 Å². The zero-order valence-electron chi connectivity index (χ0n) is 31.8. The van der Waals surface area contributed by atoms with Crippen LogP contribution in [0.15, 0.2) is 134 Å². The van der Waals surface area contributed by atoms with Crippen molar-refractivity contribution < 1.29 is 4.74 Å². The third kappa shape index (κ3) is 5.12. The lowest BCUT2D eigenvalue weighted by atomic mass is 9.68. The van der Waals surface area contributed by atoms with Crippen LogP contribution in [0.5, 0.6) is 11.6 Å². The van der Waals surface area contributed by atoms with Crippen molar-refractivity contribution in [1.82, 2.24) is 24.1 Å². The quantitative estimate of drug-likeness (QED) is 0.173. The van der Waals surface area contributed by atoms with Crippen LogP contribution in [-0.2, 0) is 10.8 Å². The van der Waals surface area contributed by atoms with E-state index in [4.69, 9.17) is 14.8 Å². The average Bonchev–Trinajstić information content (AvgIpc) is 3.77. The summed E-state index contributed by atoms with van der Waals surface area (Å²) in [4.78, 5) is 9.70. The first-order valence-corrected chi connectivity index (χ1v) is 18.6. The fourth-order valence-corrected chi connectivity index (χ4v) is 8.48. The molecule has 0 bridgehead atoms. The van der Waals surface area contributed by atoms with Gasteiger partial charge in [-0.1, -0.05) is 112 Å². The second-order valence-electron chi connectivity index (χ2n) is 15.5. The monoisotopic (exact) mass is 705 g/mol. The van der Waals surface area contributed by atoms with Gasteiger partial charge in [-0.2, -0.15) is 5.10 Å². The third-order valence-electron chi connectivity index (χ3n) is 11.2. The fourth-order valence-electron chi connectivity index (χ4n) is 8.48.